The third kappa shape index (κ3) is 4.47. The summed E-state index contributed by atoms with van der Waals surface area (Å²) < 4.78 is 1.88. The van der Waals surface area contributed by atoms with Crippen LogP contribution in [0.1, 0.15) is 50.4 Å². The van der Waals surface area contributed by atoms with Gasteiger partial charge in [0.2, 0.25) is 0 Å². The van der Waals surface area contributed by atoms with Crippen LogP contribution in [0.5, 0.6) is 0 Å². The Labute approximate surface area is 214 Å². The molecule has 2 aliphatic heterocycles. The summed E-state index contributed by atoms with van der Waals surface area (Å²) in [6.07, 6.45) is 4.42. The summed E-state index contributed by atoms with van der Waals surface area (Å²) in [5.41, 5.74) is 3.23. The number of aromatic nitrogens is 4. The van der Waals surface area contributed by atoms with Crippen molar-refractivity contribution in [1.29, 1.82) is 0 Å². The highest BCUT2D eigenvalue weighted by Gasteiger charge is 2.40. The van der Waals surface area contributed by atoms with Crippen molar-refractivity contribution < 1.29 is 9.90 Å². The molecule has 4 atom stereocenters. The number of halogens is 2. The fourth-order valence-electron chi connectivity index (χ4n) is 5.72. The molecule has 5 rings (SSSR count). The molecule has 10 heteroatoms. The molecular formula is C25H30Cl2N6O2. The highest BCUT2D eigenvalue weighted by Crippen LogP contribution is 2.33. The van der Waals surface area contributed by atoms with Gasteiger partial charge in [-0.2, -0.15) is 5.10 Å². The molecule has 0 spiro atoms. The van der Waals surface area contributed by atoms with Crippen molar-refractivity contribution in [2.75, 3.05) is 24.5 Å². The van der Waals surface area contributed by atoms with E-state index in [0.29, 0.717) is 16.0 Å². The van der Waals surface area contributed by atoms with E-state index in [2.05, 4.69) is 16.7 Å². The first kappa shape index (κ1) is 24.3. The first-order valence-corrected chi connectivity index (χ1v) is 12.9. The van der Waals surface area contributed by atoms with Crippen molar-refractivity contribution in [3.05, 3.63) is 45.7 Å². The van der Waals surface area contributed by atoms with Crippen molar-refractivity contribution >= 4 is 46.2 Å². The number of fused-ring (bicyclic) bond motifs is 1. The zero-order valence-electron chi connectivity index (χ0n) is 20.2. The van der Waals surface area contributed by atoms with E-state index in [1.807, 2.05) is 36.9 Å². The normalized spacial score (nSPS) is 24.3. The SMILES string of the molecule is Cc1nn(C(C)c2ccc(Cl)cc2Cl)c2nc(N3CC[C@H](N4CCC[C@H]4C(=O)O)[C@H](C)C3)cnc12. The molecule has 1 N–H and O–H groups in total. The second kappa shape index (κ2) is 9.56. The summed E-state index contributed by atoms with van der Waals surface area (Å²) in [7, 11) is 0. The molecule has 4 heterocycles. The van der Waals surface area contributed by atoms with Crippen LogP contribution in [0.25, 0.3) is 11.2 Å². The molecule has 2 fully saturated rings. The number of rotatable bonds is 5. The Hall–Kier alpha value is -2.42. The molecule has 0 saturated carbocycles. The van der Waals surface area contributed by atoms with Crippen molar-refractivity contribution in [3.8, 4) is 0 Å². The molecule has 2 aromatic heterocycles. The van der Waals surface area contributed by atoms with Crippen LogP contribution in [-0.2, 0) is 4.79 Å². The summed E-state index contributed by atoms with van der Waals surface area (Å²) in [5, 5.41) is 15.5. The molecule has 186 valence electrons. The molecule has 8 nitrogen and oxygen atoms in total. The van der Waals surface area contributed by atoms with Crippen LogP contribution in [0.3, 0.4) is 0 Å². The van der Waals surface area contributed by atoms with Crippen molar-refractivity contribution in [2.45, 2.75) is 58.2 Å². The Morgan fingerprint density at radius 1 is 1.23 bits per heavy atom. The van der Waals surface area contributed by atoms with Gasteiger partial charge < -0.3 is 10.0 Å². The number of aryl methyl sites for hydroxylation is 1. The first-order chi connectivity index (χ1) is 16.7. The average Bonchev–Trinajstić information content (AvgIpc) is 3.43. The van der Waals surface area contributed by atoms with E-state index in [-0.39, 0.29) is 18.1 Å². The number of piperidine rings is 1. The Morgan fingerprint density at radius 2 is 2.03 bits per heavy atom. The molecule has 1 aromatic carbocycles. The number of hydrogen-bond donors (Lipinski definition) is 1. The number of nitrogens with zero attached hydrogens (tertiary/aromatic N) is 6. The molecule has 0 aliphatic carbocycles. The van der Waals surface area contributed by atoms with Gasteiger partial charge in [-0.05, 0) is 63.3 Å². The Balaban J connectivity index is 1.41. The second-order valence-electron chi connectivity index (χ2n) is 9.79. The third-order valence-electron chi connectivity index (χ3n) is 7.53. The van der Waals surface area contributed by atoms with Gasteiger partial charge in [0.25, 0.3) is 0 Å². The predicted octanol–water partition coefficient (Wildman–Crippen LogP) is 4.81. The monoisotopic (exact) mass is 516 g/mol. The minimum absolute atomic E-state index is 0.145. The summed E-state index contributed by atoms with van der Waals surface area (Å²) in [5.74, 6) is 0.432. The van der Waals surface area contributed by atoms with Crippen LogP contribution >= 0.6 is 23.2 Å². The van der Waals surface area contributed by atoms with Crippen molar-refractivity contribution in [1.82, 2.24) is 24.6 Å². The minimum Gasteiger partial charge on any atom is -0.480 e. The van der Waals surface area contributed by atoms with Gasteiger partial charge in [0.15, 0.2) is 5.65 Å². The molecule has 0 amide bonds. The summed E-state index contributed by atoms with van der Waals surface area (Å²) in [6, 6.07) is 5.26. The van der Waals surface area contributed by atoms with E-state index < -0.39 is 5.97 Å². The Kier molecular flexibility index (Phi) is 6.63. The molecular weight excluding hydrogens is 487 g/mol. The van der Waals surface area contributed by atoms with Gasteiger partial charge in [0.1, 0.15) is 17.4 Å². The molecule has 2 aliphatic rings. The van der Waals surface area contributed by atoms with Crippen LogP contribution in [0.4, 0.5) is 5.82 Å². The highest BCUT2D eigenvalue weighted by atomic mass is 35.5. The number of hydrogen-bond acceptors (Lipinski definition) is 6. The Morgan fingerprint density at radius 3 is 2.74 bits per heavy atom. The predicted molar refractivity (Wildman–Crippen MR) is 137 cm³/mol. The van der Waals surface area contributed by atoms with E-state index in [0.717, 1.165) is 67.1 Å². The van der Waals surface area contributed by atoms with Gasteiger partial charge in [-0.1, -0.05) is 36.2 Å². The standard InChI is InChI=1S/C25H30Cl2N6O2/c1-14-13-31(10-8-20(14)32-9-4-5-21(32)25(34)35)22-12-28-23-15(2)30-33(24(23)29-22)16(3)18-7-6-17(26)11-19(18)27/h6-7,11-12,14,16,20-21H,4-5,8-10,13H2,1-3H3,(H,34,35)/t14-,16?,20+,21+/m1/s1. The van der Waals surface area contributed by atoms with E-state index in [9.17, 15) is 9.90 Å². The lowest BCUT2D eigenvalue weighted by atomic mass is 9.91. The molecule has 3 aromatic rings. The maximum Gasteiger partial charge on any atom is 0.320 e. The lowest BCUT2D eigenvalue weighted by molar-refractivity contribution is -0.143. The van der Waals surface area contributed by atoms with Crippen LogP contribution in [0.2, 0.25) is 10.0 Å². The third-order valence-corrected chi connectivity index (χ3v) is 8.09. The van der Waals surface area contributed by atoms with Crippen LogP contribution in [0.15, 0.2) is 24.4 Å². The van der Waals surface area contributed by atoms with E-state index >= 15 is 0 Å². The van der Waals surface area contributed by atoms with Crippen molar-refractivity contribution in [2.24, 2.45) is 5.92 Å². The van der Waals surface area contributed by atoms with Gasteiger partial charge in [0, 0.05) is 29.2 Å². The molecule has 35 heavy (non-hydrogen) atoms. The zero-order valence-corrected chi connectivity index (χ0v) is 21.7. The zero-order chi connectivity index (χ0) is 24.9. The van der Waals surface area contributed by atoms with Gasteiger partial charge in [-0.15, -0.1) is 0 Å². The average molecular weight is 517 g/mol. The second-order valence-corrected chi connectivity index (χ2v) is 10.6. The fraction of sp³-hybridized carbons (Fsp3) is 0.520. The number of anilines is 1. The highest BCUT2D eigenvalue weighted by molar-refractivity contribution is 6.35. The van der Waals surface area contributed by atoms with Crippen LogP contribution < -0.4 is 4.90 Å². The Bertz CT molecular complexity index is 1260. The van der Waals surface area contributed by atoms with Gasteiger partial charge in [-0.3, -0.25) is 9.69 Å². The van der Waals surface area contributed by atoms with Gasteiger partial charge >= 0.3 is 5.97 Å². The fourth-order valence-corrected chi connectivity index (χ4v) is 6.29. The van der Waals surface area contributed by atoms with E-state index in [1.165, 1.54) is 0 Å². The summed E-state index contributed by atoms with van der Waals surface area (Å²) in [6.45, 7) is 8.66. The quantitative estimate of drug-likeness (QED) is 0.520. The van der Waals surface area contributed by atoms with Crippen LogP contribution in [0, 0.1) is 12.8 Å². The maximum absolute atomic E-state index is 11.7. The summed E-state index contributed by atoms with van der Waals surface area (Å²) in [4.78, 5) is 25.9. The number of carboxylic acids is 1. The molecule has 2 saturated heterocycles. The van der Waals surface area contributed by atoms with E-state index in [4.69, 9.17) is 38.3 Å². The molecule has 0 bridgehead atoms. The number of benzene rings is 1. The molecule has 1 unspecified atom stereocenters. The smallest absolute Gasteiger partial charge is 0.320 e. The van der Waals surface area contributed by atoms with E-state index in [1.54, 1.807) is 6.07 Å². The number of carboxylic acid groups (broad SMARTS) is 1. The first-order valence-electron chi connectivity index (χ1n) is 12.1. The van der Waals surface area contributed by atoms with Crippen LogP contribution in [-0.4, -0.2) is 67.4 Å². The van der Waals surface area contributed by atoms with Gasteiger partial charge in [-0.25, -0.2) is 14.6 Å². The van der Waals surface area contributed by atoms with Gasteiger partial charge in [0.05, 0.1) is 17.9 Å². The minimum atomic E-state index is -0.702. The largest absolute Gasteiger partial charge is 0.480 e. The molecule has 0 radical (unpaired) electrons. The summed E-state index contributed by atoms with van der Waals surface area (Å²) >= 11 is 12.6. The number of carbonyl (C=O) groups is 1. The lowest BCUT2D eigenvalue weighted by Gasteiger charge is -2.43. The topological polar surface area (TPSA) is 87.4 Å². The number of aliphatic carboxylic acids is 1. The maximum atomic E-state index is 11.7. The number of likely N-dealkylation sites (tertiary alicyclic amines) is 1. The van der Waals surface area contributed by atoms with Crippen molar-refractivity contribution in [3.63, 3.8) is 0 Å². The lowest BCUT2D eigenvalue weighted by Crippen LogP contribution is -2.53.